The van der Waals surface area contributed by atoms with Gasteiger partial charge in [0, 0.05) is 11.1 Å². The van der Waals surface area contributed by atoms with E-state index in [1.807, 2.05) is 0 Å². The maximum atomic E-state index is 13.7. The Bertz CT molecular complexity index is 485. The summed E-state index contributed by atoms with van der Waals surface area (Å²) in [5.41, 5.74) is 0.516. The maximum absolute atomic E-state index is 13.7. The lowest BCUT2D eigenvalue weighted by atomic mass is 9.87. The monoisotopic (exact) mass is 265 g/mol. The standard InChI is InChI=1S/C15H17ClFN/c1-9(13-7-10-2-3-11(13)6-10)18-15-8-12(16)4-5-14(15)17/h2-5,8-11,13,18H,6-7H2,1H3. The third-order valence-electron chi connectivity index (χ3n) is 4.28. The largest absolute Gasteiger partial charge is 0.380 e. The number of rotatable bonds is 3. The van der Waals surface area contributed by atoms with Gasteiger partial charge in [0.15, 0.2) is 0 Å². The highest BCUT2D eigenvalue weighted by atomic mass is 35.5. The second-order valence-corrected chi connectivity index (χ2v) is 5.94. The molecule has 2 aliphatic carbocycles. The van der Waals surface area contributed by atoms with E-state index in [4.69, 9.17) is 11.6 Å². The van der Waals surface area contributed by atoms with Gasteiger partial charge in [-0.3, -0.25) is 0 Å². The van der Waals surface area contributed by atoms with Crippen LogP contribution in [0.5, 0.6) is 0 Å². The molecule has 1 aromatic rings. The molecule has 0 aromatic heterocycles. The number of anilines is 1. The first-order valence-electron chi connectivity index (χ1n) is 6.53. The molecule has 1 saturated carbocycles. The summed E-state index contributed by atoms with van der Waals surface area (Å²) < 4.78 is 13.7. The van der Waals surface area contributed by atoms with E-state index >= 15 is 0 Å². The summed E-state index contributed by atoms with van der Waals surface area (Å²) >= 11 is 5.91. The molecule has 18 heavy (non-hydrogen) atoms. The third kappa shape index (κ3) is 2.14. The minimum atomic E-state index is -0.232. The van der Waals surface area contributed by atoms with Crippen molar-refractivity contribution in [3.8, 4) is 0 Å². The molecule has 3 heteroatoms. The van der Waals surface area contributed by atoms with Crippen LogP contribution in [-0.2, 0) is 0 Å². The molecule has 2 aliphatic rings. The van der Waals surface area contributed by atoms with E-state index in [0.717, 1.165) is 5.92 Å². The Hall–Kier alpha value is -1.02. The molecule has 0 aliphatic heterocycles. The van der Waals surface area contributed by atoms with Gasteiger partial charge in [-0.2, -0.15) is 0 Å². The van der Waals surface area contributed by atoms with Crippen LogP contribution in [0.3, 0.4) is 0 Å². The molecule has 0 saturated heterocycles. The van der Waals surface area contributed by atoms with E-state index in [-0.39, 0.29) is 11.9 Å². The average molecular weight is 266 g/mol. The Morgan fingerprint density at radius 1 is 1.33 bits per heavy atom. The Morgan fingerprint density at radius 3 is 2.83 bits per heavy atom. The summed E-state index contributed by atoms with van der Waals surface area (Å²) in [4.78, 5) is 0. The zero-order valence-electron chi connectivity index (χ0n) is 10.4. The van der Waals surface area contributed by atoms with Gasteiger partial charge in [-0.25, -0.2) is 4.39 Å². The Morgan fingerprint density at radius 2 is 2.17 bits per heavy atom. The van der Waals surface area contributed by atoms with Gasteiger partial charge in [0.2, 0.25) is 0 Å². The fraction of sp³-hybridized carbons (Fsp3) is 0.467. The van der Waals surface area contributed by atoms with Crippen LogP contribution in [0, 0.1) is 23.6 Å². The zero-order chi connectivity index (χ0) is 12.7. The lowest BCUT2D eigenvalue weighted by molar-refractivity contribution is 0.398. The second-order valence-electron chi connectivity index (χ2n) is 5.50. The molecule has 96 valence electrons. The number of halogens is 2. The lowest BCUT2D eigenvalue weighted by Crippen LogP contribution is -2.29. The molecule has 1 aromatic carbocycles. The Labute approximate surface area is 112 Å². The molecular weight excluding hydrogens is 249 g/mol. The van der Waals surface area contributed by atoms with Gasteiger partial charge < -0.3 is 5.32 Å². The van der Waals surface area contributed by atoms with Crippen molar-refractivity contribution in [2.45, 2.75) is 25.8 Å². The lowest BCUT2D eigenvalue weighted by Gasteiger charge is -2.27. The van der Waals surface area contributed by atoms with E-state index in [0.29, 0.717) is 22.5 Å². The van der Waals surface area contributed by atoms with Crippen LogP contribution in [0.1, 0.15) is 19.8 Å². The molecule has 0 radical (unpaired) electrons. The molecule has 0 amide bonds. The number of hydrogen-bond donors (Lipinski definition) is 1. The summed E-state index contributed by atoms with van der Waals surface area (Å²) in [6.07, 6.45) is 7.14. The zero-order valence-corrected chi connectivity index (χ0v) is 11.1. The first-order valence-corrected chi connectivity index (χ1v) is 6.91. The Kier molecular flexibility index (Phi) is 3.06. The van der Waals surface area contributed by atoms with Gasteiger partial charge in [0.25, 0.3) is 0 Å². The van der Waals surface area contributed by atoms with Crippen LogP contribution in [-0.4, -0.2) is 6.04 Å². The summed E-state index contributed by atoms with van der Waals surface area (Å²) in [7, 11) is 0. The van der Waals surface area contributed by atoms with E-state index in [1.165, 1.54) is 18.9 Å². The third-order valence-corrected chi connectivity index (χ3v) is 4.52. The summed E-state index contributed by atoms with van der Waals surface area (Å²) in [5.74, 6) is 1.79. The molecule has 0 heterocycles. The number of allylic oxidation sites excluding steroid dienone is 2. The number of hydrogen-bond acceptors (Lipinski definition) is 1. The molecule has 4 atom stereocenters. The minimum absolute atomic E-state index is 0.232. The highest BCUT2D eigenvalue weighted by Gasteiger charge is 2.38. The van der Waals surface area contributed by atoms with E-state index in [1.54, 1.807) is 12.1 Å². The van der Waals surface area contributed by atoms with Gasteiger partial charge in [-0.05, 0) is 55.7 Å². The fourth-order valence-corrected chi connectivity index (χ4v) is 3.53. The van der Waals surface area contributed by atoms with Crippen LogP contribution < -0.4 is 5.32 Å². The van der Waals surface area contributed by atoms with Crippen molar-refractivity contribution in [2.24, 2.45) is 17.8 Å². The van der Waals surface area contributed by atoms with Gasteiger partial charge in [0.05, 0.1) is 5.69 Å². The SMILES string of the molecule is CC(Nc1cc(Cl)ccc1F)C1CC2C=CC1C2. The van der Waals surface area contributed by atoms with Crippen LogP contribution >= 0.6 is 11.6 Å². The van der Waals surface area contributed by atoms with E-state index in [9.17, 15) is 4.39 Å². The highest BCUT2D eigenvalue weighted by Crippen LogP contribution is 2.45. The normalized spacial score (nSPS) is 30.7. The van der Waals surface area contributed by atoms with Crippen molar-refractivity contribution in [3.63, 3.8) is 0 Å². The van der Waals surface area contributed by atoms with Crippen molar-refractivity contribution in [1.82, 2.24) is 0 Å². The smallest absolute Gasteiger partial charge is 0.146 e. The predicted octanol–water partition coefficient (Wildman–Crippen LogP) is 4.49. The van der Waals surface area contributed by atoms with Gasteiger partial charge in [-0.15, -0.1) is 0 Å². The summed E-state index contributed by atoms with van der Waals surface area (Å²) in [6.45, 7) is 2.14. The maximum Gasteiger partial charge on any atom is 0.146 e. The molecule has 1 fully saturated rings. The summed E-state index contributed by atoms with van der Waals surface area (Å²) in [6, 6.07) is 4.93. The highest BCUT2D eigenvalue weighted by molar-refractivity contribution is 6.30. The van der Waals surface area contributed by atoms with Crippen LogP contribution in [0.15, 0.2) is 30.4 Å². The quantitative estimate of drug-likeness (QED) is 0.794. The van der Waals surface area contributed by atoms with Crippen molar-refractivity contribution >= 4 is 17.3 Å². The minimum Gasteiger partial charge on any atom is -0.380 e. The number of fused-ring (bicyclic) bond motifs is 2. The van der Waals surface area contributed by atoms with Gasteiger partial charge in [-0.1, -0.05) is 23.8 Å². The molecule has 2 bridgehead atoms. The van der Waals surface area contributed by atoms with Crippen molar-refractivity contribution in [3.05, 3.63) is 41.2 Å². The molecule has 1 nitrogen and oxygen atoms in total. The van der Waals surface area contributed by atoms with Crippen LogP contribution in [0.4, 0.5) is 10.1 Å². The second kappa shape index (κ2) is 4.58. The topological polar surface area (TPSA) is 12.0 Å². The number of benzene rings is 1. The summed E-state index contributed by atoms with van der Waals surface area (Å²) in [5, 5.41) is 3.85. The molecular formula is C15H17ClFN. The van der Waals surface area contributed by atoms with Crippen molar-refractivity contribution < 1.29 is 4.39 Å². The average Bonchev–Trinajstić information content (AvgIpc) is 2.96. The number of nitrogens with one attached hydrogen (secondary N) is 1. The van der Waals surface area contributed by atoms with Gasteiger partial charge >= 0.3 is 0 Å². The Balaban J connectivity index is 1.72. The fourth-order valence-electron chi connectivity index (χ4n) is 3.36. The van der Waals surface area contributed by atoms with Crippen molar-refractivity contribution in [1.29, 1.82) is 0 Å². The predicted molar refractivity (Wildman–Crippen MR) is 73.3 cm³/mol. The van der Waals surface area contributed by atoms with Crippen molar-refractivity contribution in [2.75, 3.05) is 5.32 Å². The molecule has 1 N–H and O–H groups in total. The van der Waals surface area contributed by atoms with Gasteiger partial charge in [0.1, 0.15) is 5.82 Å². The van der Waals surface area contributed by atoms with E-state index < -0.39 is 0 Å². The van der Waals surface area contributed by atoms with E-state index in [2.05, 4.69) is 24.4 Å². The van der Waals surface area contributed by atoms with Crippen LogP contribution in [0.25, 0.3) is 0 Å². The molecule has 4 unspecified atom stereocenters. The molecule has 3 rings (SSSR count). The molecule has 0 spiro atoms. The van der Waals surface area contributed by atoms with Crippen LogP contribution in [0.2, 0.25) is 5.02 Å². The first-order chi connectivity index (χ1) is 8.63. The first kappa shape index (κ1) is 12.0.